The van der Waals surface area contributed by atoms with Gasteiger partial charge in [0.25, 0.3) is 5.91 Å². The first-order chi connectivity index (χ1) is 17.0. The van der Waals surface area contributed by atoms with E-state index < -0.39 is 0 Å². The lowest BCUT2D eigenvalue weighted by Gasteiger charge is -2.32. The van der Waals surface area contributed by atoms with Gasteiger partial charge in [-0.25, -0.2) is 4.98 Å². The molecule has 1 atom stereocenters. The largest absolute Gasteiger partial charge is 0.395 e. The fourth-order valence-corrected chi connectivity index (χ4v) is 5.20. The molecule has 7 heteroatoms. The van der Waals surface area contributed by atoms with Crippen LogP contribution in [0, 0.1) is 6.92 Å². The number of hydrogen-bond donors (Lipinski definition) is 2. The van der Waals surface area contributed by atoms with Crippen molar-refractivity contribution in [2.45, 2.75) is 44.9 Å². The van der Waals surface area contributed by atoms with Crippen LogP contribution in [0.2, 0.25) is 0 Å². The first-order valence-corrected chi connectivity index (χ1v) is 12.5. The Morgan fingerprint density at radius 2 is 1.86 bits per heavy atom. The number of ether oxygens (including phenoxy) is 1. The van der Waals surface area contributed by atoms with Gasteiger partial charge in [0.2, 0.25) is 0 Å². The van der Waals surface area contributed by atoms with Crippen molar-refractivity contribution in [2.24, 2.45) is 0 Å². The lowest BCUT2D eigenvalue weighted by atomic mass is 9.99. The van der Waals surface area contributed by atoms with Crippen molar-refractivity contribution in [3.63, 3.8) is 0 Å². The van der Waals surface area contributed by atoms with E-state index in [1.807, 2.05) is 24.3 Å². The number of piperidine rings is 1. The van der Waals surface area contributed by atoms with Gasteiger partial charge >= 0.3 is 0 Å². The molecule has 3 aromatic rings. The standard InChI is InChI=1S/C28H34N4O3/c1-19-25(21-7-9-22(10-8-21)28(34)29-14-18-33)30-27-26(35-23-12-15-31(2)16-13-23)24-6-4-3-5-20(24)11-17-32(19)27/h3-10,23,26,33H,11-18H2,1-2H3,(H,29,34). The first kappa shape index (κ1) is 23.7. The van der Waals surface area contributed by atoms with Crippen LogP contribution in [0.4, 0.5) is 0 Å². The van der Waals surface area contributed by atoms with E-state index in [0.717, 1.165) is 61.7 Å². The molecule has 0 saturated carbocycles. The number of likely N-dealkylation sites (tertiary alicyclic amines) is 1. The minimum atomic E-state index is -0.196. The van der Waals surface area contributed by atoms with Crippen LogP contribution in [0.1, 0.15) is 51.9 Å². The summed E-state index contributed by atoms with van der Waals surface area (Å²) in [7, 11) is 2.17. The second-order valence-corrected chi connectivity index (χ2v) is 9.58. The van der Waals surface area contributed by atoms with Crippen molar-refractivity contribution < 1.29 is 14.6 Å². The summed E-state index contributed by atoms with van der Waals surface area (Å²) in [4.78, 5) is 19.7. The molecule has 0 bridgehead atoms. The number of rotatable bonds is 6. The Balaban J connectivity index is 1.48. The Hall–Kier alpha value is -3.00. The average Bonchev–Trinajstić information content (AvgIpc) is 3.13. The SMILES string of the molecule is Cc1c(-c2ccc(C(=O)NCCO)cc2)nc2n1CCc1ccccc1C2OC1CCN(C)CC1. The molecule has 1 saturated heterocycles. The van der Waals surface area contributed by atoms with Crippen LogP contribution in [0.5, 0.6) is 0 Å². The van der Waals surface area contributed by atoms with Crippen LogP contribution < -0.4 is 5.32 Å². The Morgan fingerprint density at radius 1 is 1.11 bits per heavy atom. The van der Waals surface area contributed by atoms with Gasteiger partial charge in [-0.3, -0.25) is 4.79 Å². The van der Waals surface area contributed by atoms with E-state index in [1.165, 1.54) is 11.1 Å². The molecule has 2 aliphatic heterocycles. The Kier molecular flexibility index (Phi) is 7.00. The molecule has 184 valence electrons. The zero-order valence-electron chi connectivity index (χ0n) is 20.5. The van der Waals surface area contributed by atoms with E-state index in [4.69, 9.17) is 14.8 Å². The van der Waals surface area contributed by atoms with Gasteiger partial charge in [0, 0.05) is 43.0 Å². The number of imidazole rings is 1. The van der Waals surface area contributed by atoms with Crippen LogP contribution >= 0.6 is 0 Å². The third-order valence-electron chi connectivity index (χ3n) is 7.24. The molecule has 1 aromatic heterocycles. The highest BCUT2D eigenvalue weighted by atomic mass is 16.5. The van der Waals surface area contributed by atoms with E-state index in [2.05, 4.69) is 53.0 Å². The topological polar surface area (TPSA) is 79.6 Å². The predicted octanol–water partition coefficient (Wildman–Crippen LogP) is 3.34. The molecule has 0 spiro atoms. The monoisotopic (exact) mass is 474 g/mol. The van der Waals surface area contributed by atoms with Crippen molar-refractivity contribution in [2.75, 3.05) is 33.3 Å². The number of benzene rings is 2. The quantitative estimate of drug-likeness (QED) is 0.573. The van der Waals surface area contributed by atoms with Gasteiger partial charge in [-0.1, -0.05) is 36.4 Å². The summed E-state index contributed by atoms with van der Waals surface area (Å²) < 4.78 is 9.14. The summed E-state index contributed by atoms with van der Waals surface area (Å²) in [6.45, 7) is 5.25. The highest BCUT2D eigenvalue weighted by Crippen LogP contribution is 2.37. The van der Waals surface area contributed by atoms with Crippen LogP contribution in [0.15, 0.2) is 48.5 Å². The lowest BCUT2D eigenvalue weighted by Crippen LogP contribution is -2.35. The number of aliphatic hydroxyl groups is 1. The van der Waals surface area contributed by atoms with Crippen molar-refractivity contribution in [1.82, 2.24) is 19.8 Å². The minimum absolute atomic E-state index is 0.0762. The summed E-state index contributed by atoms with van der Waals surface area (Å²) in [5.74, 6) is 0.775. The number of nitrogens with zero attached hydrogens (tertiary/aromatic N) is 3. The van der Waals surface area contributed by atoms with Crippen molar-refractivity contribution in [3.8, 4) is 11.3 Å². The molecule has 1 unspecified atom stereocenters. The van der Waals surface area contributed by atoms with Crippen LogP contribution in [0.25, 0.3) is 11.3 Å². The van der Waals surface area contributed by atoms with Crippen LogP contribution in [-0.4, -0.2) is 64.9 Å². The molecule has 1 fully saturated rings. The number of aliphatic hydroxyl groups excluding tert-OH is 1. The normalized spacial score (nSPS) is 18.5. The average molecular weight is 475 g/mol. The zero-order chi connectivity index (χ0) is 24.4. The number of amides is 1. The van der Waals surface area contributed by atoms with Crippen LogP contribution in [0.3, 0.4) is 0 Å². The molecule has 1 amide bonds. The molecular weight excluding hydrogens is 440 g/mol. The molecule has 3 heterocycles. The van der Waals surface area contributed by atoms with Crippen molar-refractivity contribution in [1.29, 1.82) is 0 Å². The van der Waals surface area contributed by atoms with Crippen molar-refractivity contribution in [3.05, 3.63) is 76.7 Å². The van der Waals surface area contributed by atoms with Crippen LogP contribution in [-0.2, 0) is 17.7 Å². The molecule has 0 aliphatic carbocycles. The number of hydrogen-bond acceptors (Lipinski definition) is 5. The Bertz CT molecular complexity index is 1180. The molecule has 5 rings (SSSR count). The van der Waals surface area contributed by atoms with E-state index >= 15 is 0 Å². The Labute approximate surface area is 206 Å². The van der Waals surface area contributed by atoms with Gasteiger partial charge < -0.3 is 24.6 Å². The maximum absolute atomic E-state index is 12.2. The molecule has 7 nitrogen and oxygen atoms in total. The molecular formula is C28H34N4O3. The summed E-state index contributed by atoms with van der Waals surface area (Å²) in [5, 5.41) is 11.6. The summed E-state index contributed by atoms with van der Waals surface area (Å²) in [6.07, 6.45) is 3.02. The highest BCUT2D eigenvalue weighted by molar-refractivity contribution is 5.94. The number of carbonyl (C=O) groups excluding carboxylic acids is 1. The molecule has 2 N–H and O–H groups in total. The third kappa shape index (κ3) is 4.89. The second-order valence-electron chi connectivity index (χ2n) is 9.58. The number of nitrogens with one attached hydrogen (secondary N) is 1. The fraction of sp³-hybridized carbons (Fsp3) is 0.429. The van der Waals surface area contributed by atoms with E-state index in [0.29, 0.717) is 5.56 Å². The van der Waals surface area contributed by atoms with Gasteiger partial charge in [-0.05, 0) is 56.5 Å². The number of fused-ring (bicyclic) bond motifs is 2. The minimum Gasteiger partial charge on any atom is -0.395 e. The smallest absolute Gasteiger partial charge is 0.251 e. The van der Waals surface area contributed by atoms with E-state index in [1.54, 1.807) is 0 Å². The second kappa shape index (κ2) is 10.3. The Morgan fingerprint density at radius 3 is 2.60 bits per heavy atom. The number of aryl methyl sites for hydroxylation is 1. The highest BCUT2D eigenvalue weighted by Gasteiger charge is 2.32. The maximum Gasteiger partial charge on any atom is 0.251 e. The summed E-state index contributed by atoms with van der Waals surface area (Å²) in [6, 6.07) is 16.1. The van der Waals surface area contributed by atoms with Gasteiger partial charge in [-0.15, -0.1) is 0 Å². The first-order valence-electron chi connectivity index (χ1n) is 12.5. The lowest BCUT2D eigenvalue weighted by molar-refractivity contribution is -0.0276. The third-order valence-corrected chi connectivity index (χ3v) is 7.24. The fourth-order valence-electron chi connectivity index (χ4n) is 5.20. The van der Waals surface area contributed by atoms with Crippen molar-refractivity contribution >= 4 is 5.91 Å². The molecule has 2 aromatic carbocycles. The van der Waals surface area contributed by atoms with E-state index in [9.17, 15) is 4.79 Å². The summed E-state index contributed by atoms with van der Waals surface area (Å²) in [5.41, 5.74) is 6.14. The number of carbonyl (C=O) groups is 1. The molecule has 35 heavy (non-hydrogen) atoms. The van der Waals surface area contributed by atoms with Gasteiger partial charge in [-0.2, -0.15) is 0 Å². The van der Waals surface area contributed by atoms with E-state index in [-0.39, 0.29) is 31.3 Å². The van der Waals surface area contributed by atoms with Gasteiger partial charge in [0.05, 0.1) is 18.4 Å². The summed E-state index contributed by atoms with van der Waals surface area (Å²) >= 11 is 0. The molecule has 2 aliphatic rings. The predicted molar refractivity (Wildman–Crippen MR) is 135 cm³/mol. The number of aromatic nitrogens is 2. The zero-order valence-corrected chi connectivity index (χ0v) is 20.5. The maximum atomic E-state index is 12.2. The molecule has 0 radical (unpaired) electrons. The van der Waals surface area contributed by atoms with Gasteiger partial charge in [0.1, 0.15) is 11.9 Å². The van der Waals surface area contributed by atoms with Gasteiger partial charge in [0.15, 0.2) is 0 Å².